The molecule has 0 atom stereocenters. The Morgan fingerprint density at radius 2 is 2.17 bits per heavy atom. The summed E-state index contributed by atoms with van der Waals surface area (Å²) in [7, 11) is 0. The van der Waals surface area contributed by atoms with Gasteiger partial charge < -0.3 is 10.4 Å². The van der Waals surface area contributed by atoms with Crippen LogP contribution < -0.4 is 5.32 Å². The molecule has 2 rings (SSSR count). The molecule has 0 spiro atoms. The van der Waals surface area contributed by atoms with E-state index in [-0.39, 0.29) is 0 Å². The average Bonchev–Trinajstić information content (AvgIpc) is 2.97. The van der Waals surface area contributed by atoms with Crippen molar-refractivity contribution in [2.75, 3.05) is 0 Å². The fraction of sp³-hybridized carbons (Fsp3) is 0.308. The van der Waals surface area contributed by atoms with E-state index < -0.39 is 5.97 Å². The van der Waals surface area contributed by atoms with Crippen LogP contribution in [0.1, 0.15) is 31.9 Å². The van der Waals surface area contributed by atoms with Crippen LogP contribution in [0, 0.1) is 0 Å². The number of rotatable bonds is 6. The highest BCUT2D eigenvalue weighted by Crippen LogP contribution is 2.19. The zero-order valence-corrected chi connectivity index (χ0v) is 11.7. The summed E-state index contributed by atoms with van der Waals surface area (Å²) in [5, 5.41) is 14.3. The van der Waals surface area contributed by atoms with Gasteiger partial charge in [-0.2, -0.15) is 0 Å². The number of carboxylic acids is 1. The first kappa shape index (κ1) is 13.3. The van der Waals surface area contributed by atoms with Crippen molar-refractivity contribution in [1.29, 1.82) is 0 Å². The van der Waals surface area contributed by atoms with Crippen molar-refractivity contribution in [1.82, 2.24) is 5.32 Å². The van der Waals surface area contributed by atoms with E-state index in [0.717, 1.165) is 24.4 Å². The monoisotopic (exact) mass is 281 g/mol. The minimum atomic E-state index is -0.849. The van der Waals surface area contributed by atoms with Crippen LogP contribution in [0.5, 0.6) is 0 Å². The molecule has 2 aromatic rings. The van der Waals surface area contributed by atoms with Crippen molar-refractivity contribution in [2.24, 2.45) is 0 Å². The maximum atomic E-state index is 10.8. The van der Waals surface area contributed by atoms with Gasteiger partial charge in [0.25, 0.3) is 0 Å². The Kier molecular flexibility index (Phi) is 4.52. The lowest BCUT2D eigenvalue weighted by Gasteiger charge is -2.03. The number of carboxylic acid groups (broad SMARTS) is 1. The third-order valence-corrected chi connectivity index (χ3v) is 4.71. The summed E-state index contributed by atoms with van der Waals surface area (Å²) in [5.41, 5.74) is 1.39. The molecule has 0 unspecified atom stereocenters. The Morgan fingerprint density at radius 1 is 1.33 bits per heavy atom. The maximum absolute atomic E-state index is 10.8. The van der Waals surface area contributed by atoms with Gasteiger partial charge in [0.05, 0.1) is 0 Å². The summed E-state index contributed by atoms with van der Waals surface area (Å²) >= 11 is 3.10. The Labute approximate surface area is 114 Å². The summed E-state index contributed by atoms with van der Waals surface area (Å²) in [6, 6.07) is 5.69. The molecule has 0 aliphatic heterocycles. The van der Waals surface area contributed by atoms with E-state index in [1.54, 1.807) is 17.4 Å². The van der Waals surface area contributed by atoms with Gasteiger partial charge in [-0.15, -0.1) is 22.7 Å². The molecule has 0 amide bonds. The normalized spacial score (nSPS) is 10.7. The average molecular weight is 281 g/mol. The fourth-order valence-electron chi connectivity index (χ4n) is 1.72. The fourth-order valence-corrected chi connectivity index (χ4v) is 3.49. The first-order chi connectivity index (χ1) is 8.70. The van der Waals surface area contributed by atoms with Gasteiger partial charge in [0, 0.05) is 22.8 Å². The van der Waals surface area contributed by atoms with Gasteiger partial charge in [-0.05, 0) is 35.6 Å². The number of carbonyl (C=O) groups is 1. The van der Waals surface area contributed by atoms with Crippen molar-refractivity contribution in [3.05, 3.63) is 43.8 Å². The highest BCUT2D eigenvalue weighted by molar-refractivity contribution is 7.13. The van der Waals surface area contributed by atoms with Crippen LogP contribution in [-0.4, -0.2) is 11.1 Å². The quantitative estimate of drug-likeness (QED) is 0.853. The molecule has 96 valence electrons. The number of hydrogen-bond donors (Lipinski definition) is 2. The number of aromatic carboxylic acids is 1. The van der Waals surface area contributed by atoms with Gasteiger partial charge in [0.1, 0.15) is 4.88 Å². The molecule has 3 nitrogen and oxygen atoms in total. The van der Waals surface area contributed by atoms with Crippen LogP contribution in [0.25, 0.3) is 0 Å². The molecule has 0 aliphatic carbocycles. The molecule has 0 aromatic carbocycles. The first-order valence-electron chi connectivity index (χ1n) is 5.78. The lowest BCUT2D eigenvalue weighted by atomic mass is 10.2. The largest absolute Gasteiger partial charge is 0.477 e. The summed E-state index contributed by atoms with van der Waals surface area (Å²) in [6.45, 7) is 3.73. The van der Waals surface area contributed by atoms with Crippen LogP contribution in [0.15, 0.2) is 23.6 Å². The second-order valence-electron chi connectivity index (χ2n) is 3.90. The van der Waals surface area contributed by atoms with Crippen molar-refractivity contribution in [2.45, 2.75) is 26.4 Å². The lowest BCUT2D eigenvalue weighted by molar-refractivity contribution is 0.0702. The van der Waals surface area contributed by atoms with Crippen LogP contribution >= 0.6 is 22.7 Å². The Morgan fingerprint density at radius 3 is 2.83 bits per heavy atom. The molecule has 0 saturated carbocycles. The van der Waals surface area contributed by atoms with Crippen LogP contribution in [-0.2, 0) is 19.5 Å². The zero-order chi connectivity index (χ0) is 13.0. The Balaban J connectivity index is 1.86. The third kappa shape index (κ3) is 3.19. The van der Waals surface area contributed by atoms with Gasteiger partial charge >= 0.3 is 5.97 Å². The van der Waals surface area contributed by atoms with E-state index in [2.05, 4.69) is 23.7 Å². The minimum absolute atomic E-state index is 0.400. The van der Waals surface area contributed by atoms with Crippen molar-refractivity contribution >= 4 is 28.6 Å². The number of aryl methyl sites for hydroxylation is 1. The highest BCUT2D eigenvalue weighted by atomic mass is 32.1. The minimum Gasteiger partial charge on any atom is -0.477 e. The second kappa shape index (κ2) is 6.13. The van der Waals surface area contributed by atoms with E-state index in [4.69, 9.17) is 5.11 Å². The standard InChI is InChI=1S/C13H15NO2S2/c1-2-9-5-6-17-12(9)8-14-7-10-3-4-11(18-10)13(15)16/h3-6,14H,2,7-8H2,1H3,(H,15,16). The van der Waals surface area contributed by atoms with Crippen molar-refractivity contribution in [3.63, 3.8) is 0 Å². The lowest BCUT2D eigenvalue weighted by Crippen LogP contribution is -2.11. The molecule has 0 saturated heterocycles. The molecule has 5 heteroatoms. The number of hydrogen-bond acceptors (Lipinski definition) is 4. The predicted octanol–water partition coefficient (Wildman–Crippen LogP) is 3.36. The zero-order valence-electron chi connectivity index (χ0n) is 10.1. The van der Waals surface area contributed by atoms with E-state index >= 15 is 0 Å². The molecular formula is C13H15NO2S2. The van der Waals surface area contributed by atoms with Gasteiger partial charge in [-0.1, -0.05) is 6.92 Å². The molecule has 18 heavy (non-hydrogen) atoms. The van der Waals surface area contributed by atoms with Gasteiger partial charge in [-0.3, -0.25) is 0 Å². The molecule has 2 aromatic heterocycles. The van der Waals surface area contributed by atoms with Gasteiger partial charge in [-0.25, -0.2) is 4.79 Å². The SMILES string of the molecule is CCc1ccsc1CNCc1ccc(C(=O)O)s1. The molecule has 2 heterocycles. The summed E-state index contributed by atoms with van der Waals surface area (Å²) in [6.07, 6.45) is 1.06. The van der Waals surface area contributed by atoms with E-state index in [1.165, 1.54) is 21.8 Å². The van der Waals surface area contributed by atoms with E-state index in [0.29, 0.717) is 4.88 Å². The third-order valence-electron chi connectivity index (χ3n) is 2.68. The molecule has 0 aliphatic rings. The van der Waals surface area contributed by atoms with Crippen molar-refractivity contribution in [3.8, 4) is 0 Å². The van der Waals surface area contributed by atoms with Crippen LogP contribution in [0.2, 0.25) is 0 Å². The molecule has 0 fully saturated rings. The smallest absolute Gasteiger partial charge is 0.345 e. The Hall–Kier alpha value is -1.17. The first-order valence-corrected chi connectivity index (χ1v) is 7.48. The van der Waals surface area contributed by atoms with E-state index in [9.17, 15) is 4.79 Å². The maximum Gasteiger partial charge on any atom is 0.345 e. The summed E-state index contributed by atoms with van der Waals surface area (Å²) in [5.74, 6) is -0.849. The van der Waals surface area contributed by atoms with E-state index in [1.807, 2.05) is 6.07 Å². The van der Waals surface area contributed by atoms with Gasteiger partial charge in [0.15, 0.2) is 0 Å². The topological polar surface area (TPSA) is 49.3 Å². The highest BCUT2D eigenvalue weighted by Gasteiger charge is 2.07. The molecule has 0 bridgehead atoms. The Bertz CT molecular complexity index is 531. The number of nitrogens with one attached hydrogen (secondary N) is 1. The second-order valence-corrected chi connectivity index (χ2v) is 6.07. The van der Waals surface area contributed by atoms with Crippen LogP contribution in [0.4, 0.5) is 0 Å². The predicted molar refractivity (Wildman–Crippen MR) is 75.5 cm³/mol. The molecule has 2 N–H and O–H groups in total. The van der Waals surface area contributed by atoms with Gasteiger partial charge in [0.2, 0.25) is 0 Å². The number of thiophene rings is 2. The molecular weight excluding hydrogens is 266 g/mol. The van der Waals surface area contributed by atoms with Crippen molar-refractivity contribution < 1.29 is 9.90 Å². The van der Waals surface area contributed by atoms with Crippen LogP contribution in [0.3, 0.4) is 0 Å². The summed E-state index contributed by atoms with van der Waals surface area (Å²) in [4.78, 5) is 13.6. The molecule has 0 radical (unpaired) electrons. The summed E-state index contributed by atoms with van der Waals surface area (Å²) < 4.78 is 0.